The van der Waals surface area contributed by atoms with E-state index in [0.717, 1.165) is 12.8 Å². The molecule has 0 saturated heterocycles. The number of hydrogen-bond acceptors (Lipinski definition) is 3. The van der Waals surface area contributed by atoms with Gasteiger partial charge in [0.15, 0.2) is 0 Å². The van der Waals surface area contributed by atoms with Gasteiger partial charge in [0.2, 0.25) is 0 Å². The minimum absolute atomic E-state index is 0.0427. The van der Waals surface area contributed by atoms with Crippen LogP contribution in [0.1, 0.15) is 49.9 Å². The van der Waals surface area contributed by atoms with E-state index in [1.54, 1.807) is 18.2 Å². The fraction of sp³-hybridized carbons (Fsp3) is 0.562. The van der Waals surface area contributed by atoms with Crippen molar-refractivity contribution >= 4 is 11.6 Å². The number of anilines is 1. The second-order valence-corrected chi connectivity index (χ2v) is 5.63. The molecule has 0 bridgehead atoms. The van der Waals surface area contributed by atoms with Crippen LogP contribution in [0.15, 0.2) is 18.2 Å². The smallest absolute Gasteiger partial charge is 0.251 e. The van der Waals surface area contributed by atoms with Gasteiger partial charge in [0, 0.05) is 11.6 Å². The van der Waals surface area contributed by atoms with E-state index >= 15 is 0 Å². The number of carbonyl (C=O) groups excluding carboxylic acids is 1. The van der Waals surface area contributed by atoms with Crippen LogP contribution in [0.4, 0.5) is 5.69 Å². The summed E-state index contributed by atoms with van der Waals surface area (Å²) in [6, 6.07) is 5.51. The molecule has 0 spiro atoms. The molecule has 1 aromatic carbocycles. The number of ether oxygens (including phenoxy) is 1. The van der Waals surface area contributed by atoms with Gasteiger partial charge >= 0.3 is 0 Å². The molecule has 110 valence electrons. The highest BCUT2D eigenvalue weighted by molar-refractivity contribution is 5.95. The van der Waals surface area contributed by atoms with E-state index in [1.807, 2.05) is 6.92 Å². The summed E-state index contributed by atoms with van der Waals surface area (Å²) >= 11 is 0. The topological polar surface area (TPSA) is 64.3 Å². The zero-order chi connectivity index (χ0) is 14.5. The van der Waals surface area contributed by atoms with Crippen LogP contribution in [0, 0.1) is 5.92 Å². The number of rotatable bonds is 4. The van der Waals surface area contributed by atoms with Crippen LogP contribution < -0.4 is 15.8 Å². The Balaban J connectivity index is 2.00. The molecule has 1 amide bonds. The molecule has 4 heteroatoms. The molecule has 1 aromatic rings. The molecular formula is C16H24N2O2. The number of nitrogens with one attached hydrogen (secondary N) is 1. The van der Waals surface area contributed by atoms with Crippen LogP contribution in [0.25, 0.3) is 0 Å². The van der Waals surface area contributed by atoms with Gasteiger partial charge in [-0.3, -0.25) is 4.79 Å². The van der Waals surface area contributed by atoms with Crippen molar-refractivity contribution < 1.29 is 9.53 Å². The molecule has 20 heavy (non-hydrogen) atoms. The van der Waals surface area contributed by atoms with E-state index < -0.39 is 0 Å². The zero-order valence-electron chi connectivity index (χ0n) is 12.3. The largest absolute Gasteiger partial charge is 0.492 e. The number of carbonyl (C=O) groups is 1. The van der Waals surface area contributed by atoms with E-state index in [9.17, 15) is 4.79 Å². The summed E-state index contributed by atoms with van der Waals surface area (Å²) in [4.78, 5) is 12.2. The van der Waals surface area contributed by atoms with Gasteiger partial charge in [-0.2, -0.15) is 0 Å². The quantitative estimate of drug-likeness (QED) is 0.831. The van der Waals surface area contributed by atoms with Crippen LogP contribution >= 0.6 is 0 Å². The maximum absolute atomic E-state index is 12.2. The third-order valence-corrected chi connectivity index (χ3v) is 3.84. The van der Waals surface area contributed by atoms with Gasteiger partial charge in [0.1, 0.15) is 5.75 Å². The van der Waals surface area contributed by atoms with Crippen LogP contribution in [0.3, 0.4) is 0 Å². The minimum Gasteiger partial charge on any atom is -0.492 e. The lowest BCUT2D eigenvalue weighted by atomic mass is 9.87. The molecule has 4 nitrogen and oxygen atoms in total. The number of amides is 1. The monoisotopic (exact) mass is 276 g/mol. The minimum atomic E-state index is -0.0427. The first-order chi connectivity index (χ1) is 9.60. The van der Waals surface area contributed by atoms with Crippen molar-refractivity contribution in [2.45, 2.75) is 45.6 Å². The van der Waals surface area contributed by atoms with Crippen LogP contribution in [-0.4, -0.2) is 18.6 Å². The van der Waals surface area contributed by atoms with Crippen molar-refractivity contribution in [2.24, 2.45) is 5.92 Å². The average Bonchev–Trinajstić information content (AvgIpc) is 2.41. The van der Waals surface area contributed by atoms with Crippen molar-refractivity contribution in [1.29, 1.82) is 0 Å². The lowest BCUT2D eigenvalue weighted by Crippen LogP contribution is -2.38. The second-order valence-electron chi connectivity index (χ2n) is 5.63. The van der Waals surface area contributed by atoms with E-state index in [2.05, 4.69) is 12.2 Å². The first-order valence-corrected chi connectivity index (χ1v) is 7.43. The number of nitrogens with two attached hydrogens (primary N) is 1. The Hall–Kier alpha value is -1.71. The molecule has 0 aromatic heterocycles. The molecule has 2 rings (SSSR count). The highest BCUT2D eigenvalue weighted by atomic mass is 16.5. The van der Waals surface area contributed by atoms with Gasteiger partial charge in [-0.25, -0.2) is 0 Å². The van der Waals surface area contributed by atoms with Gasteiger partial charge in [-0.1, -0.05) is 19.8 Å². The predicted octanol–water partition coefficient (Wildman–Crippen LogP) is 2.98. The Morgan fingerprint density at radius 3 is 2.90 bits per heavy atom. The lowest BCUT2D eigenvalue weighted by molar-refractivity contribution is 0.0921. The molecule has 2 atom stereocenters. The predicted molar refractivity (Wildman–Crippen MR) is 80.9 cm³/mol. The van der Waals surface area contributed by atoms with Crippen molar-refractivity contribution in [3.63, 3.8) is 0 Å². The molecule has 1 saturated carbocycles. The molecule has 0 heterocycles. The van der Waals surface area contributed by atoms with Crippen molar-refractivity contribution in [3.05, 3.63) is 23.8 Å². The van der Waals surface area contributed by atoms with Crippen molar-refractivity contribution in [2.75, 3.05) is 12.3 Å². The molecule has 1 fully saturated rings. The third-order valence-electron chi connectivity index (χ3n) is 3.84. The number of benzene rings is 1. The standard InChI is InChI=1S/C16H24N2O2/c1-3-20-15-8-7-12(10-14(15)17)16(19)18-13-6-4-5-11(2)9-13/h7-8,10-11,13H,3-6,9,17H2,1-2H3,(H,18,19). The van der Waals surface area contributed by atoms with Gasteiger partial charge in [-0.05, 0) is 43.9 Å². The highest BCUT2D eigenvalue weighted by Crippen LogP contribution is 2.25. The Bertz CT molecular complexity index is 474. The van der Waals surface area contributed by atoms with E-state index in [1.165, 1.54) is 12.8 Å². The molecule has 0 aliphatic heterocycles. The second kappa shape index (κ2) is 6.64. The van der Waals surface area contributed by atoms with E-state index in [0.29, 0.717) is 35.6 Å². The average molecular weight is 276 g/mol. The number of nitrogen functional groups attached to an aromatic ring is 1. The molecule has 1 aliphatic rings. The summed E-state index contributed by atoms with van der Waals surface area (Å²) in [6.45, 7) is 4.72. The molecule has 2 unspecified atom stereocenters. The van der Waals surface area contributed by atoms with Crippen LogP contribution in [0.5, 0.6) is 5.75 Å². The summed E-state index contributed by atoms with van der Waals surface area (Å²) in [5.41, 5.74) is 7.01. The fourth-order valence-corrected chi connectivity index (χ4v) is 2.81. The summed E-state index contributed by atoms with van der Waals surface area (Å²) in [7, 11) is 0. The normalized spacial score (nSPS) is 22.3. The highest BCUT2D eigenvalue weighted by Gasteiger charge is 2.21. The SMILES string of the molecule is CCOc1ccc(C(=O)NC2CCCC(C)C2)cc1N. The van der Waals surface area contributed by atoms with Gasteiger partial charge in [0.25, 0.3) is 5.91 Å². The Morgan fingerprint density at radius 1 is 1.45 bits per heavy atom. The third kappa shape index (κ3) is 3.65. The van der Waals surface area contributed by atoms with Crippen molar-refractivity contribution in [1.82, 2.24) is 5.32 Å². The Labute approximate surface area is 120 Å². The molecule has 1 aliphatic carbocycles. The molecular weight excluding hydrogens is 252 g/mol. The van der Waals surface area contributed by atoms with Gasteiger partial charge < -0.3 is 15.8 Å². The summed E-state index contributed by atoms with van der Waals surface area (Å²) in [6.07, 6.45) is 4.60. The Morgan fingerprint density at radius 2 is 2.25 bits per heavy atom. The lowest BCUT2D eigenvalue weighted by Gasteiger charge is -2.27. The Kier molecular flexibility index (Phi) is 4.88. The summed E-state index contributed by atoms with van der Waals surface area (Å²) in [5.74, 6) is 1.29. The molecule has 3 N–H and O–H groups in total. The fourth-order valence-electron chi connectivity index (χ4n) is 2.81. The molecule has 0 radical (unpaired) electrons. The van der Waals surface area contributed by atoms with Crippen molar-refractivity contribution in [3.8, 4) is 5.75 Å². The van der Waals surface area contributed by atoms with Crippen LogP contribution in [-0.2, 0) is 0 Å². The zero-order valence-corrected chi connectivity index (χ0v) is 12.3. The van der Waals surface area contributed by atoms with Gasteiger partial charge in [0.05, 0.1) is 12.3 Å². The van der Waals surface area contributed by atoms with E-state index in [4.69, 9.17) is 10.5 Å². The summed E-state index contributed by atoms with van der Waals surface area (Å²) in [5, 5.41) is 3.11. The maximum Gasteiger partial charge on any atom is 0.251 e. The van der Waals surface area contributed by atoms with E-state index in [-0.39, 0.29) is 5.91 Å². The maximum atomic E-state index is 12.2. The first kappa shape index (κ1) is 14.7. The van der Waals surface area contributed by atoms with Gasteiger partial charge in [-0.15, -0.1) is 0 Å². The first-order valence-electron chi connectivity index (χ1n) is 7.43. The summed E-state index contributed by atoms with van der Waals surface area (Å²) < 4.78 is 5.38. The van der Waals surface area contributed by atoms with Crippen LogP contribution in [0.2, 0.25) is 0 Å². The number of hydrogen-bond donors (Lipinski definition) is 2.